The second kappa shape index (κ2) is 9.41. The van der Waals surface area contributed by atoms with Crippen LogP contribution in [0.1, 0.15) is 28.5 Å². The van der Waals surface area contributed by atoms with Crippen molar-refractivity contribution in [3.05, 3.63) is 65.7 Å². The summed E-state index contributed by atoms with van der Waals surface area (Å²) in [5.41, 5.74) is 5.72. The van der Waals surface area contributed by atoms with Gasteiger partial charge in [0, 0.05) is 23.4 Å². The topological polar surface area (TPSA) is 98.6 Å². The van der Waals surface area contributed by atoms with Crippen molar-refractivity contribution in [2.75, 3.05) is 13.7 Å². The third-order valence-electron chi connectivity index (χ3n) is 4.05. The highest BCUT2D eigenvalue weighted by Gasteiger charge is 2.10. The van der Waals surface area contributed by atoms with Crippen LogP contribution in [0.3, 0.4) is 0 Å². The Morgan fingerprint density at radius 2 is 2.07 bits per heavy atom. The second-order valence-electron chi connectivity index (χ2n) is 6.03. The average Bonchev–Trinajstić information content (AvgIpc) is 2.76. The molecule has 0 spiro atoms. The largest absolute Gasteiger partial charge is 0.497 e. The fourth-order valence-corrected chi connectivity index (χ4v) is 2.48. The summed E-state index contributed by atoms with van der Waals surface area (Å²) < 4.78 is 10.5. The Bertz CT molecular complexity index is 1020. The number of pyridine rings is 1. The summed E-state index contributed by atoms with van der Waals surface area (Å²) in [4.78, 5) is 25.0. The number of amides is 1. The van der Waals surface area contributed by atoms with Gasteiger partial charge in [-0.25, -0.2) is 15.4 Å². The lowest BCUT2D eigenvalue weighted by atomic mass is 10.1. The smallest absolute Gasteiger partial charge is 0.291 e. The van der Waals surface area contributed by atoms with E-state index < -0.39 is 5.91 Å². The SMILES string of the molecule is CCOc1ccc(-c2cncc(C(=O)N/N=C/c3cc(OC)ccc3C)n2)cn1. The average molecular weight is 391 g/mol. The highest BCUT2D eigenvalue weighted by molar-refractivity contribution is 5.93. The number of carbonyl (C=O) groups is 1. The van der Waals surface area contributed by atoms with Crippen LogP contribution in [-0.2, 0) is 0 Å². The number of methoxy groups -OCH3 is 1. The van der Waals surface area contributed by atoms with Crippen LogP contribution in [0.2, 0.25) is 0 Å². The molecule has 3 aromatic rings. The molecule has 0 saturated carbocycles. The number of benzene rings is 1. The Morgan fingerprint density at radius 1 is 1.21 bits per heavy atom. The summed E-state index contributed by atoms with van der Waals surface area (Å²) in [5.74, 6) is 0.779. The van der Waals surface area contributed by atoms with Gasteiger partial charge in [0.2, 0.25) is 5.88 Å². The van der Waals surface area contributed by atoms with Gasteiger partial charge in [-0.05, 0) is 37.6 Å². The van der Waals surface area contributed by atoms with Crippen LogP contribution in [0, 0.1) is 6.92 Å². The van der Waals surface area contributed by atoms with Gasteiger partial charge in [-0.2, -0.15) is 5.10 Å². The molecule has 0 atom stereocenters. The van der Waals surface area contributed by atoms with Gasteiger partial charge in [0.15, 0.2) is 0 Å². The summed E-state index contributed by atoms with van der Waals surface area (Å²) in [6.45, 7) is 4.38. The van der Waals surface area contributed by atoms with E-state index in [0.29, 0.717) is 23.9 Å². The Hall–Kier alpha value is -3.81. The molecule has 0 aliphatic rings. The maximum atomic E-state index is 12.4. The summed E-state index contributed by atoms with van der Waals surface area (Å²) in [6.07, 6.45) is 6.13. The van der Waals surface area contributed by atoms with Gasteiger partial charge in [0.25, 0.3) is 5.91 Å². The molecule has 2 heterocycles. The minimum atomic E-state index is -0.463. The first-order chi connectivity index (χ1) is 14.1. The minimum absolute atomic E-state index is 0.149. The summed E-state index contributed by atoms with van der Waals surface area (Å²) in [7, 11) is 1.60. The van der Waals surface area contributed by atoms with Gasteiger partial charge >= 0.3 is 0 Å². The number of aromatic nitrogens is 3. The third kappa shape index (κ3) is 5.13. The number of carbonyl (C=O) groups excluding carboxylic acids is 1. The zero-order valence-electron chi connectivity index (χ0n) is 16.4. The summed E-state index contributed by atoms with van der Waals surface area (Å²) >= 11 is 0. The molecular formula is C21H21N5O3. The molecule has 1 aromatic carbocycles. The van der Waals surface area contributed by atoms with Crippen LogP contribution in [-0.4, -0.2) is 40.8 Å². The predicted molar refractivity (Wildman–Crippen MR) is 109 cm³/mol. The molecule has 1 N–H and O–H groups in total. The van der Waals surface area contributed by atoms with Crippen molar-refractivity contribution in [3.63, 3.8) is 0 Å². The molecule has 0 saturated heterocycles. The fourth-order valence-electron chi connectivity index (χ4n) is 2.48. The maximum Gasteiger partial charge on any atom is 0.291 e. The normalized spacial score (nSPS) is 10.7. The van der Waals surface area contributed by atoms with Gasteiger partial charge < -0.3 is 9.47 Å². The van der Waals surface area contributed by atoms with E-state index in [-0.39, 0.29) is 5.69 Å². The van der Waals surface area contributed by atoms with Crippen LogP contribution in [0.5, 0.6) is 11.6 Å². The molecular weight excluding hydrogens is 370 g/mol. The van der Waals surface area contributed by atoms with E-state index in [2.05, 4.69) is 25.5 Å². The van der Waals surface area contributed by atoms with Crippen molar-refractivity contribution in [1.29, 1.82) is 0 Å². The lowest BCUT2D eigenvalue weighted by Crippen LogP contribution is -2.19. The molecule has 8 nitrogen and oxygen atoms in total. The Morgan fingerprint density at radius 3 is 2.79 bits per heavy atom. The zero-order valence-corrected chi connectivity index (χ0v) is 16.4. The first-order valence-electron chi connectivity index (χ1n) is 9.00. The van der Waals surface area contributed by atoms with E-state index in [1.54, 1.807) is 31.8 Å². The van der Waals surface area contributed by atoms with E-state index in [1.807, 2.05) is 38.1 Å². The van der Waals surface area contributed by atoms with Crippen molar-refractivity contribution in [3.8, 4) is 22.9 Å². The van der Waals surface area contributed by atoms with Crippen LogP contribution >= 0.6 is 0 Å². The van der Waals surface area contributed by atoms with Gasteiger partial charge in [-0.1, -0.05) is 6.07 Å². The first-order valence-corrected chi connectivity index (χ1v) is 9.00. The molecule has 8 heteroatoms. The van der Waals surface area contributed by atoms with Crippen molar-refractivity contribution >= 4 is 12.1 Å². The maximum absolute atomic E-state index is 12.4. The Kier molecular flexibility index (Phi) is 6.47. The molecule has 0 fully saturated rings. The number of hydrogen-bond donors (Lipinski definition) is 1. The molecule has 1 amide bonds. The Balaban J connectivity index is 1.71. The third-order valence-corrected chi connectivity index (χ3v) is 4.05. The van der Waals surface area contributed by atoms with Gasteiger partial charge in [0.1, 0.15) is 11.4 Å². The van der Waals surface area contributed by atoms with E-state index in [1.165, 1.54) is 6.20 Å². The number of hydrazone groups is 1. The van der Waals surface area contributed by atoms with Crippen LogP contribution in [0.15, 0.2) is 54.0 Å². The van der Waals surface area contributed by atoms with Crippen molar-refractivity contribution < 1.29 is 14.3 Å². The quantitative estimate of drug-likeness (QED) is 0.491. The summed E-state index contributed by atoms with van der Waals surface area (Å²) in [6, 6.07) is 9.18. The first kappa shape index (κ1) is 19.9. The number of nitrogens with one attached hydrogen (secondary N) is 1. The van der Waals surface area contributed by atoms with Crippen molar-refractivity contribution in [2.24, 2.45) is 5.10 Å². The predicted octanol–water partition coefficient (Wildman–Crippen LogP) is 3.02. The lowest BCUT2D eigenvalue weighted by molar-refractivity contribution is 0.0950. The molecule has 29 heavy (non-hydrogen) atoms. The van der Waals surface area contributed by atoms with Gasteiger partial charge in [-0.15, -0.1) is 0 Å². The van der Waals surface area contributed by atoms with E-state index in [9.17, 15) is 4.79 Å². The highest BCUT2D eigenvalue weighted by Crippen LogP contribution is 2.18. The standard InChI is InChI=1S/C21H21N5O3/c1-4-29-20-8-6-15(10-23-20)18-12-22-13-19(25-18)21(27)26-24-11-16-9-17(28-3)7-5-14(16)2/h5-13H,4H2,1-3H3,(H,26,27)/b24-11+. The zero-order chi connectivity index (χ0) is 20.6. The molecule has 0 aliphatic carbocycles. The number of hydrogen-bond acceptors (Lipinski definition) is 7. The van der Waals surface area contributed by atoms with Gasteiger partial charge in [-0.3, -0.25) is 9.78 Å². The van der Waals surface area contributed by atoms with Crippen LogP contribution in [0.4, 0.5) is 0 Å². The van der Waals surface area contributed by atoms with E-state index >= 15 is 0 Å². The fraction of sp³-hybridized carbons (Fsp3) is 0.190. The van der Waals surface area contributed by atoms with Gasteiger partial charge in [0.05, 0.1) is 38.0 Å². The number of nitrogens with zero attached hydrogens (tertiary/aromatic N) is 4. The molecule has 0 radical (unpaired) electrons. The molecule has 3 rings (SSSR count). The highest BCUT2D eigenvalue weighted by atomic mass is 16.5. The molecule has 2 aromatic heterocycles. The van der Waals surface area contributed by atoms with Crippen LogP contribution in [0.25, 0.3) is 11.3 Å². The van der Waals surface area contributed by atoms with Crippen molar-refractivity contribution in [2.45, 2.75) is 13.8 Å². The minimum Gasteiger partial charge on any atom is -0.497 e. The molecule has 0 unspecified atom stereocenters. The van der Waals surface area contributed by atoms with E-state index in [4.69, 9.17) is 9.47 Å². The second-order valence-corrected chi connectivity index (χ2v) is 6.03. The number of ether oxygens (including phenoxy) is 2. The monoisotopic (exact) mass is 391 g/mol. The Labute approximate surface area is 168 Å². The number of rotatable bonds is 7. The molecule has 0 aliphatic heterocycles. The molecule has 0 bridgehead atoms. The lowest BCUT2D eigenvalue weighted by Gasteiger charge is -2.05. The summed E-state index contributed by atoms with van der Waals surface area (Å²) in [5, 5.41) is 4.01. The number of aryl methyl sites for hydroxylation is 1. The van der Waals surface area contributed by atoms with Crippen molar-refractivity contribution in [1.82, 2.24) is 20.4 Å². The van der Waals surface area contributed by atoms with E-state index in [0.717, 1.165) is 16.7 Å². The van der Waals surface area contributed by atoms with Crippen LogP contribution < -0.4 is 14.9 Å². The molecule has 148 valence electrons.